The second-order valence-electron chi connectivity index (χ2n) is 5.29. The second-order valence-corrected chi connectivity index (χ2v) is 6.90. The molecule has 0 aliphatic heterocycles. The summed E-state index contributed by atoms with van der Waals surface area (Å²) in [5, 5.41) is 3.64. The molecule has 1 aromatic rings. The molecule has 1 aromatic carbocycles. The van der Waals surface area contributed by atoms with E-state index in [2.05, 4.69) is 21.2 Å². The number of amides is 1. The topological polar surface area (TPSA) is 29.1 Å². The molecule has 0 bridgehead atoms. The Morgan fingerprint density at radius 1 is 1.37 bits per heavy atom. The third kappa shape index (κ3) is 4.22. The van der Waals surface area contributed by atoms with Gasteiger partial charge in [0.15, 0.2) is 0 Å². The molecule has 0 radical (unpaired) electrons. The van der Waals surface area contributed by atoms with Crippen LogP contribution < -0.4 is 5.32 Å². The monoisotopic (exact) mass is 343 g/mol. The van der Waals surface area contributed by atoms with Crippen molar-refractivity contribution in [2.75, 3.05) is 6.54 Å². The summed E-state index contributed by atoms with van der Waals surface area (Å²) in [5.41, 5.74) is 1.65. The van der Waals surface area contributed by atoms with Gasteiger partial charge >= 0.3 is 0 Å². The number of nitrogens with one attached hydrogen (secondary N) is 1. The highest BCUT2D eigenvalue weighted by Gasteiger charge is 2.23. The van der Waals surface area contributed by atoms with Crippen molar-refractivity contribution in [3.8, 4) is 0 Å². The Kier molecular flexibility index (Phi) is 5.28. The Hall–Kier alpha value is -0.540. The smallest absolute Gasteiger partial charge is 0.251 e. The number of benzene rings is 1. The Balaban J connectivity index is 1.93. The van der Waals surface area contributed by atoms with E-state index in [1.165, 1.54) is 25.7 Å². The first-order valence-corrected chi connectivity index (χ1v) is 8.05. The van der Waals surface area contributed by atoms with Crippen LogP contribution in [0.5, 0.6) is 0 Å². The second kappa shape index (κ2) is 6.76. The highest BCUT2D eigenvalue weighted by atomic mass is 79.9. The molecule has 1 fully saturated rings. The lowest BCUT2D eigenvalue weighted by atomic mass is 9.89. The minimum absolute atomic E-state index is 0.0316. The maximum absolute atomic E-state index is 12.1. The molecule has 2 nitrogen and oxygen atoms in total. The van der Waals surface area contributed by atoms with Crippen molar-refractivity contribution in [1.29, 1.82) is 0 Å². The fraction of sp³-hybridized carbons (Fsp3) is 0.533. The van der Waals surface area contributed by atoms with Crippen LogP contribution in [0.15, 0.2) is 18.2 Å². The Morgan fingerprint density at radius 2 is 2.11 bits per heavy atom. The maximum atomic E-state index is 12.1. The minimum Gasteiger partial charge on any atom is -0.352 e. The summed E-state index contributed by atoms with van der Waals surface area (Å²) in [4.78, 5) is 12.6. The number of halogens is 2. The van der Waals surface area contributed by atoms with Crippen molar-refractivity contribution in [2.24, 2.45) is 5.92 Å². The third-order valence-electron chi connectivity index (χ3n) is 3.65. The molecule has 1 aliphatic rings. The lowest BCUT2D eigenvalue weighted by Gasteiger charge is -2.27. The van der Waals surface area contributed by atoms with E-state index in [0.717, 1.165) is 12.1 Å². The normalized spacial score (nSPS) is 23.1. The van der Waals surface area contributed by atoms with Crippen molar-refractivity contribution in [2.45, 2.75) is 37.4 Å². The number of hydrogen-bond donors (Lipinski definition) is 1. The number of carbonyl (C=O) groups excluding carboxylic acids is 1. The van der Waals surface area contributed by atoms with Gasteiger partial charge in [0.1, 0.15) is 0 Å². The standard InChI is InChI=1S/C15H19BrClNO/c1-10-6-12(8-13(17)7-10)15(19)18-9-11-4-2-3-5-14(11)16/h6-8,11,14H,2-5,9H2,1H3,(H,18,19). The SMILES string of the molecule is Cc1cc(Cl)cc(C(=O)NCC2CCCCC2Br)c1. The molecule has 1 N–H and O–H groups in total. The molecule has 0 aromatic heterocycles. The van der Waals surface area contributed by atoms with Gasteiger partial charge in [0.2, 0.25) is 0 Å². The first-order chi connectivity index (χ1) is 9.06. The number of rotatable bonds is 3. The maximum Gasteiger partial charge on any atom is 0.251 e. The zero-order valence-corrected chi connectivity index (χ0v) is 13.4. The van der Waals surface area contributed by atoms with E-state index in [-0.39, 0.29) is 5.91 Å². The van der Waals surface area contributed by atoms with Gasteiger partial charge in [0, 0.05) is 22.0 Å². The van der Waals surface area contributed by atoms with Crippen molar-refractivity contribution < 1.29 is 4.79 Å². The fourth-order valence-electron chi connectivity index (χ4n) is 2.59. The Bertz CT molecular complexity index is 443. The summed E-state index contributed by atoms with van der Waals surface area (Å²) < 4.78 is 0. The summed E-state index contributed by atoms with van der Waals surface area (Å²) in [6, 6.07) is 5.44. The van der Waals surface area contributed by atoms with Crippen molar-refractivity contribution >= 4 is 33.4 Å². The zero-order valence-electron chi connectivity index (χ0n) is 11.1. The molecule has 0 heterocycles. The number of carbonyl (C=O) groups is 1. The van der Waals surface area contributed by atoms with Crippen molar-refractivity contribution in [1.82, 2.24) is 5.32 Å². The highest BCUT2D eigenvalue weighted by molar-refractivity contribution is 9.09. The predicted molar refractivity (Wildman–Crippen MR) is 83.2 cm³/mol. The van der Waals surface area contributed by atoms with Crippen LogP contribution in [-0.2, 0) is 0 Å². The van der Waals surface area contributed by atoms with Gasteiger partial charge in [0.05, 0.1) is 0 Å². The van der Waals surface area contributed by atoms with Crippen LogP contribution in [0.4, 0.5) is 0 Å². The molecular formula is C15H19BrClNO. The molecule has 1 aliphatic carbocycles. The molecule has 4 heteroatoms. The largest absolute Gasteiger partial charge is 0.352 e. The summed E-state index contributed by atoms with van der Waals surface area (Å²) in [6.45, 7) is 2.68. The molecule has 2 rings (SSSR count). The number of aryl methyl sites for hydroxylation is 1. The van der Waals surface area contributed by atoms with Gasteiger partial charge < -0.3 is 5.32 Å². The van der Waals surface area contributed by atoms with E-state index in [9.17, 15) is 4.79 Å². The van der Waals surface area contributed by atoms with Crippen LogP contribution in [0.1, 0.15) is 41.6 Å². The Labute approximate surface area is 128 Å². The first-order valence-electron chi connectivity index (χ1n) is 6.76. The minimum atomic E-state index is -0.0316. The van der Waals surface area contributed by atoms with Gasteiger partial charge in [0.25, 0.3) is 5.91 Å². The van der Waals surface area contributed by atoms with Gasteiger partial charge in [-0.05, 0) is 49.4 Å². The summed E-state index contributed by atoms with van der Waals surface area (Å²) in [7, 11) is 0. The van der Waals surface area contributed by atoms with E-state index < -0.39 is 0 Å². The molecule has 1 amide bonds. The van der Waals surface area contributed by atoms with Crippen LogP contribution in [-0.4, -0.2) is 17.3 Å². The van der Waals surface area contributed by atoms with Crippen molar-refractivity contribution in [3.63, 3.8) is 0 Å². The lowest BCUT2D eigenvalue weighted by Crippen LogP contribution is -2.34. The summed E-state index contributed by atoms with van der Waals surface area (Å²) >= 11 is 9.69. The van der Waals surface area contributed by atoms with Gasteiger partial charge in [-0.25, -0.2) is 0 Å². The molecule has 0 spiro atoms. The quantitative estimate of drug-likeness (QED) is 0.812. The van der Waals surface area contributed by atoms with E-state index in [0.29, 0.717) is 21.3 Å². The van der Waals surface area contributed by atoms with Crippen LogP contribution in [0.25, 0.3) is 0 Å². The average molecular weight is 345 g/mol. The van der Waals surface area contributed by atoms with Gasteiger partial charge in [-0.1, -0.05) is 40.4 Å². The molecule has 104 valence electrons. The van der Waals surface area contributed by atoms with Crippen LogP contribution >= 0.6 is 27.5 Å². The average Bonchev–Trinajstić information content (AvgIpc) is 2.36. The Morgan fingerprint density at radius 3 is 2.79 bits per heavy atom. The molecule has 1 saturated carbocycles. The highest BCUT2D eigenvalue weighted by Crippen LogP contribution is 2.29. The molecule has 2 atom stereocenters. The molecule has 19 heavy (non-hydrogen) atoms. The van der Waals surface area contributed by atoms with Gasteiger partial charge in [-0.15, -0.1) is 0 Å². The zero-order chi connectivity index (χ0) is 13.8. The van der Waals surface area contributed by atoms with Crippen LogP contribution in [0.3, 0.4) is 0 Å². The molecule has 0 saturated heterocycles. The van der Waals surface area contributed by atoms with E-state index in [1.54, 1.807) is 6.07 Å². The summed E-state index contributed by atoms with van der Waals surface area (Å²) in [5.74, 6) is 0.508. The first kappa shape index (κ1) is 14.9. The fourth-order valence-corrected chi connectivity index (χ4v) is 3.65. The third-order valence-corrected chi connectivity index (χ3v) is 5.07. The summed E-state index contributed by atoms with van der Waals surface area (Å²) in [6.07, 6.45) is 4.94. The molecule has 2 unspecified atom stereocenters. The predicted octanol–water partition coefficient (Wildman–Crippen LogP) is 4.33. The number of hydrogen-bond acceptors (Lipinski definition) is 1. The van der Waals surface area contributed by atoms with Crippen LogP contribution in [0, 0.1) is 12.8 Å². The van der Waals surface area contributed by atoms with E-state index >= 15 is 0 Å². The molecular weight excluding hydrogens is 326 g/mol. The number of alkyl halides is 1. The lowest BCUT2D eigenvalue weighted by molar-refractivity contribution is 0.0944. The van der Waals surface area contributed by atoms with Crippen molar-refractivity contribution in [3.05, 3.63) is 34.3 Å². The van der Waals surface area contributed by atoms with E-state index in [1.807, 2.05) is 19.1 Å². The van der Waals surface area contributed by atoms with Gasteiger partial charge in [-0.2, -0.15) is 0 Å². The van der Waals surface area contributed by atoms with Crippen LogP contribution in [0.2, 0.25) is 5.02 Å². The van der Waals surface area contributed by atoms with Gasteiger partial charge in [-0.3, -0.25) is 4.79 Å². The van der Waals surface area contributed by atoms with E-state index in [4.69, 9.17) is 11.6 Å².